The van der Waals surface area contributed by atoms with Crippen molar-refractivity contribution in [3.05, 3.63) is 42.0 Å². The molecule has 2 aromatic carbocycles. The van der Waals surface area contributed by atoms with Crippen LogP contribution in [-0.2, 0) is 10.0 Å². The highest BCUT2D eigenvalue weighted by atomic mass is 32.2. The van der Waals surface area contributed by atoms with Crippen molar-refractivity contribution in [3.8, 4) is 17.2 Å². The molecule has 0 spiro atoms. The number of sulfonamides is 1. The predicted molar refractivity (Wildman–Crippen MR) is 111 cm³/mol. The molecule has 29 heavy (non-hydrogen) atoms. The molecule has 0 saturated carbocycles. The van der Waals surface area contributed by atoms with Gasteiger partial charge >= 0.3 is 0 Å². The average molecular weight is 423 g/mol. The lowest BCUT2D eigenvalue weighted by molar-refractivity contribution is 0.102. The highest BCUT2D eigenvalue weighted by molar-refractivity contribution is 7.89. The second kappa shape index (κ2) is 9.62. The van der Waals surface area contributed by atoms with E-state index in [1.54, 1.807) is 19.1 Å². The van der Waals surface area contributed by atoms with Crippen LogP contribution in [0, 0.1) is 0 Å². The van der Waals surface area contributed by atoms with E-state index in [-0.39, 0.29) is 10.9 Å². The first-order valence-corrected chi connectivity index (χ1v) is 10.5. The molecule has 0 aromatic heterocycles. The van der Waals surface area contributed by atoms with E-state index >= 15 is 0 Å². The largest absolute Gasteiger partial charge is 0.493 e. The van der Waals surface area contributed by atoms with Crippen molar-refractivity contribution in [2.24, 2.45) is 0 Å². The van der Waals surface area contributed by atoms with E-state index in [0.717, 1.165) is 0 Å². The van der Waals surface area contributed by atoms with Crippen LogP contribution in [0.15, 0.2) is 41.3 Å². The molecule has 0 radical (unpaired) electrons. The van der Waals surface area contributed by atoms with Gasteiger partial charge in [0.2, 0.25) is 15.8 Å². The maximum atomic E-state index is 12.6. The van der Waals surface area contributed by atoms with Gasteiger partial charge in [-0.15, -0.1) is 0 Å². The molecule has 0 bridgehead atoms. The van der Waals surface area contributed by atoms with E-state index in [1.807, 2.05) is 6.92 Å². The number of carbonyl (C=O) groups is 1. The van der Waals surface area contributed by atoms with Crippen LogP contribution in [0.3, 0.4) is 0 Å². The molecule has 8 nitrogen and oxygen atoms in total. The van der Waals surface area contributed by atoms with Gasteiger partial charge in [-0.1, -0.05) is 6.92 Å². The van der Waals surface area contributed by atoms with Gasteiger partial charge in [-0.05, 0) is 37.6 Å². The Kier molecular flexibility index (Phi) is 7.46. The smallest absolute Gasteiger partial charge is 0.255 e. The molecule has 0 heterocycles. The summed E-state index contributed by atoms with van der Waals surface area (Å²) in [5, 5.41) is 2.74. The zero-order valence-electron chi connectivity index (χ0n) is 17.1. The highest BCUT2D eigenvalue weighted by Crippen LogP contribution is 2.40. The maximum absolute atomic E-state index is 12.6. The minimum absolute atomic E-state index is 0.0992. The molecule has 158 valence electrons. The summed E-state index contributed by atoms with van der Waals surface area (Å²) in [6, 6.07) is 8.74. The molecule has 2 aromatic rings. The van der Waals surface area contributed by atoms with Crippen LogP contribution in [0.5, 0.6) is 17.2 Å². The van der Waals surface area contributed by atoms with Gasteiger partial charge in [0, 0.05) is 29.4 Å². The monoisotopic (exact) mass is 422 g/mol. The fraction of sp³-hybridized carbons (Fsp3) is 0.350. The number of hydrogen-bond donors (Lipinski definition) is 2. The van der Waals surface area contributed by atoms with Crippen molar-refractivity contribution >= 4 is 21.6 Å². The Morgan fingerprint density at radius 1 is 1.00 bits per heavy atom. The van der Waals surface area contributed by atoms with Crippen molar-refractivity contribution < 1.29 is 27.4 Å². The summed E-state index contributed by atoms with van der Waals surface area (Å²) in [7, 11) is 0.826. The lowest BCUT2D eigenvalue weighted by Gasteiger charge is -2.15. The van der Waals surface area contributed by atoms with Gasteiger partial charge in [0.25, 0.3) is 5.91 Å². The van der Waals surface area contributed by atoms with Crippen molar-refractivity contribution in [1.29, 1.82) is 0 Å². The molecule has 0 aliphatic rings. The Morgan fingerprint density at radius 3 is 2.00 bits per heavy atom. The molecule has 0 saturated heterocycles. The van der Waals surface area contributed by atoms with E-state index in [1.165, 1.54) is 45.6 Å². The molecule has 1 amide bonds. The Labute approximate surface area is 171 Å². The number of carbonyl (C=O) groups excluding carboxylic acids is 1. The van der Waals surface area contributed by atoms with Crippen molar-refractivity contribution in [2.75, 3.05) is 26.6 Å². The van der Waals surface area contributed by atoms with Gasteiger partial charge < -0.3 is 19.5 Å². The topological polar surface area (TPSA) is 103 Å². The number of methoxy groups -OCH3 is 3. The van der Waals surface area contributed by atoms with Crippen LogP contribution in [0.2, 0.25) is 0 Å². The number of benzene rings is 2. The first-order valence-electron chi connectivity index (χ1n) is 8.99. The average Bonchev–Trinajstić information content (AvgIpc) is 2.72. The second-order valence-corrected chi connectivity index (χ2v) is 8.04. The third-order valence-electron chi connectivity index (χ3n) is 4.32. The summed E-state index contributed by atoms with van der Waals surface area (Å²) >= 11 is 0. The number of nitrogens with one attached hydrogen (secondary N) is 2. The quantitative estimate of drug-likeness (QED) is 0.644. The molecular weight excluding hydrogens is 396 g/mol. The summed E-state index contributed by atoms with van der Waals surface area (Å²) in [5.74, 6) is 0.814. The Bertz CT molecular complexity index is 932. The molecular formula is C20H26N2O6S. The SMILES string of the molecule is CCC(C)NS(=O)(=O)c1ccc(C(=O)Nc2cc(OC)c(OC)c(OC)c2)cc1. The van der Waals surface area contributed by atoms with E-state index in [0.29, 0.717) is 34.9 Å². The van der Waals surface area contributed by atoms with E-state index in [2.05, 4.69) is 10.0 Å². The number of hydrogen-bond acceptors (Lipinski definition) is 6. The summed E-state index contributed by atoms with van der Waals surface area (Å²) in [5.41, 5.74) is 0.751. The first-order chi connectivity index (χ1) is 13.7. The summed E-state index contributed by atoms with van der Waals surface area (Å²) in [4.78, 5) is 12.7. The Balaban J connectivity index is 2.22. The zero-order chi connectivity index (χ0) is 21.6. The fourth-order valence-electron chi connectivity index (χ4n) is 2.56. The van der Waals surface area contributed by atoms with Crippen LogP contribution < -0.4 is 24.2 Å². The summed E-state index contributed by atoms with van der Waals surface area (Å²) < 4.78 is 43.0. The lowest BCUT2D eigenvalue weighted by atomic mass is 10.2. The number of anilines is 1. The third-order valence-corrected chi connectivity index (χ3v) is 5.92. The van der Waals surface area contributed by atoms with Gasteiger partial charge in [0.1, 0.15) is 0 Å². The van der Waals surface area contributed by atoms with E-state index < -0.39 is 15.9 Å². The molecule has 9 heteroatoms. The van der Waals surface area contributed by atoms with Crippen LogP contribution >= 0.6 is 0 Å². The molecule has 0 aliphatic carbocycles. The second-order valence-electron chi connectivity index (χ2n) is 6.32. The van der Waals surface area contributed by atoms with Gasteiger partial charge in [-0.25, -0.2) is 13.1 Å². The molecule has 0 aliphatic heterocycles. The molecule has 0 fully saturated rings. The minimum Gasteiger partial charge on any atom is -0.493 e. The van der Waals surface area contributed by atoms with Crippen LogP contribution in [0.4, 0.5) is 5.69 Å². The van der Waals surface area contributed by atoms with E-state index in [4.69, 9.17) is 14.2 Å². The molecule has 2 N–H and O–H groups in total. The molecule has 1 unspecified atom stereocenters. The zero-order valence-corrected chi connectivity index (χ0v) is 17.9. The fourth-order valence-corrected chi connectivity index (χ4v) is 3.89. The normalized spacial score (nSPS) is 12.2. The first kappa shape index (κ1) is 22.5. The lowest BCUT2D eigenvalue weighted by Crippen LogP contribution is -2.32. The van der Waals surface area contributed by atoms with Crippen LogP contribution in [-0.4, -0.2) is 41.7 Å². The van der Waals surface area contributed by atoms with Gasteiger partial charge in [0.15, 0.2) is 11.5 Å². The minimum atomic E-state index is -3.63. The highest BCUT2D eigenvalue weighted by Gasteiger charge is 2.18. The molecule has 2 rings (SSSR count). The van der Waals surface area contributed by atoms with E-state index in [9.17, 15) is 13.2 Å². The van der Waals surface area contributed by atoms with Gasteiger partial charge in [-0.3, -0.25) is 4.79 Å². The summed E-state index contributed by atoms with van der Waals surface area (Å²) in [6.45, 7) is 3.68. The Hall–Kier alpha value is -2.78. The third kappa shape index (κ3) is 5.39. The van der Waals surface area contributed by atoms with Gasteiger partial charge in [-0.2, -0.15) is 0 Å². The predicted octanol–water partition coefficient (Wildman–Crippen LogP) is 3.04. The summed E-state index contributed by atoms with van der Waals surface area (Å²) in [6.07, 6.45) is 0.675. The standard InChI is InChI=1S/C20H26N2O6S/c1-6-13(2)22-29(24,25)16-9-7-14(8-10-16)20(23)21-15-11-17(26-3)19(28-5)18(12-15)27-4/h7-13,22H,6H2,1-5H3,(H,21,23). The van der Waals surface area contributed by atoms with Crippen molar-refractivity contribution in [3.63, 3.8) is 0 Å². The maximum Gasteiger partial charge on any atom is 0.255 e. The van der Waals surface area contributed by atoms with Crippen LogP contribution in [0.25, 0.3) is 0 Å². The van der Waals surface area contributed by atoms with Crippen molar-refractivity contribution in [1.82, 2.24) is 4.72 Å². The van der Waals surface area contributed by atoms with Gasteiger partial charge in [0.05, 0.1) is 26.2 Å². The number of rotatable bonds is 9. The number of amides is 1. The molecule has 1 atom stereocenters. The van der Waals surface area contributed by atoms with Crippen molar-refractivity contribution in [2.45, 2.75) is 31.2 Å². The Morgan fingerprint density at radius 2 is 1.55 bits per heavy atom. The van der Waals surface area contributed by atoms with Crippen LogP contribution in [0.1, 0.15) is 30.6 Å². The number of ether oxygens (including phenoxy) is 3.